The Kier molecular flexibility index (Phi) is 3.83. The molecular weight excluding hydrogens is 266 g/mol. The van der Waals surface area contributed by atoms with E-state index < -0.39 is 5.97 Å². The number of aromatic nitrogens is 2. The highest BCUT2D eigenvalue weighted by atomic mass is 35.5. The van der Waals surface area contributed by atoms with Gasteiger partial charge in [-0.05, 0) is 12.1 Å². The Hall–Kier alpha value is -2.32. The van der Waals surface area contributed by atoms with Crippen LogP contribution in [-0.4, -0.2) is 15.7 Å². The van der Waals surface area contributed by atoms with Gasteiger partial charge >= 0.3 is 0 Å². The molecule has 0 aliphatic carbocycles. The molecule has 19 heavy (non-hydrogen) atoms. The zero-order valence-corrected chi connectivity index (χ0v) is 10.6. The second kappa shape index (κ2) is 5.55. The van der Waals surface area contributed by atoms with Gasteiger partial charge in [0.25, 0.3) is 0 Å². The normalized spacial score (nSPS) is 10.1. The molecule has 0 aliphatic heterocycles. The number of benzene rings is 1. The number of hydrogen-bond donors (Lipinski definition) is 0. The fourth-order valence-corrected chi connectivity index (χ4v) is 1.89. The molecule has 0 aliphatic rings. The first kappa shape index (κ1) is 13.1. The number of carboxylic acid groups (broad SMARTS) is 1. The topological polar surface area (TPSA) is 81.7 Å². The van der Waals surface area contributed by atoms with Crippen molar-refractivity contribution < 1.29 is 9.90 Å². The molecule has 1 aromatic carbocycles. The van der Waals surface area contributed by atoms with Gasteiger partial charge in [-0.1, -0.05) is 23.7 Å². The first-order chi connectivity index (χ1) is 9.11. The van der Waals surface area contributed by atoms with Crippen molar-refractivity contribution in [2.75, 3.05) is 0 Å². The summed E-state index contributed by atoms with van der Waals surface area (Å²) < 4.78 is 1.42. The van der Waals surface area contributed by atoms with Crippen molar-refractivity contribution in [1.82, 2.24) is 9.78 Å². The van der Waals surface area contributed by atoms with E-state index in [0.29, 0.717) is 22.8 Å². The number of carbonyl (C=O) groups is 1. The first-order valence-electron chi connectivity index (χ1n) is 5.53. The van der Waals surface area contributed by atoms with Crippen LogP contribution in [0.3, 0.4) is 0 Å². The predicted octanol–water partition coefficient (Wildman–Crippen LogP) is 1.48. The van der Waals surface area contributed by atoms with E-state index in [1.54, 1.807) is 24.3 Å². The van der Waals surface area contributed by atoms with Gasteiger partial charge < -0.3 is 9.90 Å². The molecule has 0 N–H and O–H groups in total. The Bertz CT molecular complexity index is 658. The average Bonchev–Trinajstić information content (AvgIpc) is 2.80. The molecule has 0 saturated heterocycles. The summed E-state index contributed by atoms with van der Waals surface area (Å²) in [6.07, 6.45) is 1.62. The summed E-state index contributed by atoms with van der Waals surface area (Å²) in [6, 6.07) is 8.73. The molecule has 6 heteroatoms. The van der Waals surface area contributed by atoms with Crippen LogP contribution in [0.1, 0.15) is 16.8 Å². The Labute approximate surface area is 114 Å². The van der Waals surface area contributed by atoms with Gasteiger partial charge in [-0.3, -0.25) is 4.68 Å². The molecule has 0 saturated carbocycles. The van der Waals surface area contributed by atoms with E-state index in [4.69, 9.17) is 16.9 Å². The Balaban J connectivity index is 2.46. The number of aryl methyl sites for hydroxylation is 1. The minimum atomic E-state index is -1.31. The Morgan fingerprint density at radius 2 is 2.32 bits per heavy atom. The molecule has 2 rings (SSSR count). The van der Waals surface area contributed by atoms with Gasteiger partial charge in [0.15, 0.2) is 0 Å². The number of nitriles is 1. The number of nitrogens with zero attached hydrogens (tertiary/aromatic N) is 3. The molecule has 0 atom stereocenters. The number of carboxylic acids is 1. The molecule has 0 amide bonds. The van der Waals surface area contributed by atoms with Crippen LogP contribution < -0.4 is 5.11 Å². The quantitative estimate of drug-likeness (QED) is 0.845. The lowest BCUT2D eigenvalue weighted by atomic mass is 10.1. The predicted molar refractivity (Wildman–Crippen MR) is 67.2 cm³/mol. The fraction of sp³-hybridized carbons (Fsp3) is 0.154. The van der Waals surface area contributed by atoms with Crippen LogP contribution in [-0.2, 0) is 6.54 Å². The molecule has 0 radical (unpaired) electrons. The van der Waals surface area contributed by atoms with Crippen molar-refractivity contribution in [3.63, 3.8) is 0 Å². The van der Waals surface area contributed by atoms with Crippen LogP contribution in [0.2, 0.25) is 5.02 Å². The highest BCUT2D eigenvalue weighted by molar-refractivity contribution is 6.30. The van der Waals surface area contributed by atoms with E-state index in [-0.39, 0.29) is 12.0 Å². The monoisotopic (exact) mass is 274 g/mol. The summed E-state index contributed by atoms with van der Waals surface area (Å²) in [5.41, 5.74) is 0.878. The number of hydrogen-bond acceptors (Lipinski definition) is 4. The Morgan fingerprint density at radius 3 is 2.95 bits per heavy atom. The van der Waals surface area contributed by atoms with Crippen LogP contribution in [0.4, 0.5) is 0 Å². The molecule has 5 nitrogen and oxygen atoms in total. The number of halogens is 1. The number of aromatic carboxylic acids is 1. The molecule has 96 valence electrons. The summed E-state index contributed by atoms with van der Waals surface area (Å²) in [5.74, 6) is -1.31. The van der Waals surface area contributed by atoms with Crippen LogP contribution in [0, 0.1) is 11.3 Å². The van der Waals surface area contributed by atoms with E-state index in [0.717, 1.165) is 0 Å². The molecule has 0 spiro atoms. The van der Waals surface area contributed by atoms with Gasteiger partial charge in [-0.25, -0.2) is 0 Å². The maximum absolute atomic E-state index is 11.1. The molecule has 1 heterocycles. The summed E-state index contributed by atoms with van der Waals surface area (Å²) in [6.45, 7) is 0.331. The van der Waals surface area contributed by atoms with Crippen LogP contribution in [0.5, 0.6) is 0 Å². The van der Waals surface area contributed by atoms with Gasteiger partial charge in [-0.15, -0.1) is 0 Å². The van der Waals surface area contributed by atoms with Crippen LogP contribution in [0.15, 0.2) is 30.5 Å². The highest BCUT2D eigenvalue weighted by Crippen LogP contribution is 2.24. The van der Waals surface area contributed by atoms with Crippen molar-refractivity contribution in [1.29, 1.82) is 5.26 Å². The maximum Gasteiger partial charge on any atom is 0.101 e. The standard InChI is InChI=1S/C13H10ClN3O2/c14-10-4-1-3-9(7-10)12-11(13(18)19)8-17(16-12)6-2-5-15/h1,3-4,7-8H,2,6H2,(H,18,19)/p-1. The maximum atomic E-state index is 11.1. The summed E-state index contributed by atoms with van der Waals surface area (Å²) >= 11 is 5.88. The number of carbonyl (C=O) groups excluding carboxylic acids is 1. The minimum Gasteiger partial charge on any atom is -0.545 e. The van der Waals surface area contributed by atoms with Gasteiger partial charge in [-0.2, -0.15) is 10.4 Å². The SMILES string of the molecule is N#CCCn1cc(C(=O)[O-])c(-c2cccc(Cl)c2)n1. The van der Waals surface area contributed by atoms with E-state index >= 15 is 0 Å². The largest absolute Gasteiger partial charge is 0.545 e. The van der Waals surface area contributed by atoms with Crippen molar-refractivity contribution in [3.8, 4) is 17.3 Å². The third kappa shape index (κ3) is 2.92. The lowest BCUT2D eigenvalue weighted by Crippen LogP contribution is -2.22. The molecule has 2 aromatic rings. The summed E-state index contributed by atoms with van der Waals surface area (Å²) in [7, 11) is 0. The van der Waals surface area contributed by atoms with Gasteiger partial charge in [0, 0.05) is 22.3 Å². The van der Waals surface area contributed by atoms with E-state index in [9.17, 15) is 9.90 Å². The van der Waals surface area contributed by atoms with E-state index in [1.807, 2.05) is 6.07 Å². The first-order valence-corrected chi connectivity index (χ1v) is 5.91. The molecule has 0 fully saturated rings. The lowest BCUT2D eigenvalue weighted by molar-refractivity contribution is -0.254. The van der Waals surface area contributed by atoms with Crippen molar-refractivity contribution in [3.05, 3.63) is 41.0 Å². The molecule has 0 bridgehead atoms. The smallest absolute Gasteiger partial charge is 0.101 e. The third-order valence-electron chi connectivity index (χ3n) is 2.53. The lowest BCUT2D eigenvalue weighted by Gasteiger charge is -2.03. The summed E-state index contributed by atoms with van der Waals surface area (Å²) in [5, 5.41) is 24.3. The van der Waals surface area contributed by atoms with Crippen LogP contribution in [0.25, 0.3) is 11.3 Å². The van der Waals surface area contributed by atoms with Gasteiger partial charge in [0.2, 0.25) is 0 Å². The fourth-order valence-electron chi connectivity index (χ4n) is 1.70. The zero-order chi connectivity index (χ0) is 13.8. The van der Waals surface area contributed by atoms with Gasteiger partial charge in [0.1, 0.15) is 5.69 Å². The summed E-state index contributed by atoms with van der Waals surface area (Å²) in [4.78, 5) is 11.1. The molecular formula is C13H9ClN3O2-. The highest BCUT2D eigenvalue weighted by Gasteiger charge is 2.12. The molecule has 1 aromatic heterocycles. The third-order valence-corrected chi connectivity index (χ3v) is 2.77. The van der Waals surface area contributed by atoms with Crippen molar-refractivity contribution in [2.45, 2.75) is 13.0 Å². The van der Waals surface area contributed by atoms with Gasteiger partial charge in [0.05, 0.1) is 25.0 Å². The average molecular weight is 275 g/mol. The molecule has 0 unspecified atom stereocenters. The van der Waals surface area contributed by atoms with E-state index in [2.05, 4.69) is 5.10 Å². The second-order valence-corrected chi connectivity index (χ2v) is 4.30. The zero-order valence-electron chi connectivity index (χ0n) is 9.84. The second-order valence-electron chi connectivity index (χ2n) is 3.86. The van der Waals surface area contributed by atoms with E-state index in [1.165, 1.54) is 10.9 Å². The Morgan fingerprint density at radius 1 is 1.53 bits per heavy atom. The number of rotatable bonds is 4. The minimum absolute atomic E-state index is 0.0137. The van der Waals surface area contributed by atoms with Crippen molar-refractivity contribution >= 4 is 17.6 Å². The van der Waals surface area contributed by atoms with Crippen LogP contribution >= 0.6 is 11.6 Å². The van der Waals surface area contributed by atoms with Crippen molar-refractivity contribution in [2.24, 2.45) is 0 Å².